The van der Waals surface area contributed by atoms with Gasteiger partial charge in [0.1, 0.15) is 5.76 Å². The third kappa shape index (κ3) is 4.47. The molecule has 1 saturated carbocycles. The van der Waals surface area contributed by atoms with Gasteiger partial charge in [0.05, 0.1) is 12.1 Å². The van der Waals surface area contributed by atoms with Crippen molar-refractivity contribution in [2.24, 2.45) is 5.92 Å². The zero-order chi connectivity index (χ0) is 16.8. The van der Waals surface area contributed by atoms with Gasteiger partial charge in [0.2, 0.25) is 11.8 Å². The fraction of sp³-hybridized carbons (Fsp3) is 0.500. The van der Waals surface area contributed by atoms with Crippen LogP contribution in [0.4, 0.5) is 0 Å². The van der Waals surface area contributed by atoms with Crippen LogP contribution in [0.3, 0.4) is 0 Å². The number of hydrogen-bond acceptors (Lipinski definition) is 3. The molecule has 4 nitrogen and oxygen atoms in total. The van der Waals surface area contributed by atoms with Crippen molar-refractivity contribution in [3.8, 4) is 11.5 Å². The maximum absolute atomic E-state index is 12.1. The van der Waals surface area contributed by atoms with Gasteiger partial charge in [-0.15, -0.1) is 0 Å². The molecule has 0 bridgehead atoms. The van der Waals surface area contributed by atoms with Crippen molar-refractivity contribution in [3.63, 3.8) is 0 Å². The topological polar surface area (TPSA) is 55.1 Å². The molecule has 1 aliphatic carbocycles. The van der Waals surface area contributed by atoms with E-state index in [0.29, 0.717) is 5.89 Å². The number of rotatable bonds is 7. The van der Waals surface area contributed by atoms with Crippen LogP contribution in [0.1, 0.15) is 50.0 Å². The van der Waals surface area contributed by atoms with Gasteiger partial charge in [0, 0.05) is 12.1 Å². The highest BCUT2D eigenvalue weighted by Gasteiger charge is 2.16. The van der Waals surface area contributed by atoms with Crippen LogP contribution in [0.2, 0.25) is 0 Å². The number of hydrogen-bond donors (Lipinski definition) is 1. The fourth-order valence-corrected chi connectivity index (χ4v) is 3.43. The van der Waals surface area contributed by atoms with E-state index in [1.165, 1.54) is 32.1 Å². The minimum atomic E-state index is 0.0254. The molecule has 0 aliphatic heterocycles. The summed E-state index contributed by atoms with van der Waals surface area (Å²) in [4.78, 5) is 16.6. The van der Waals surface area contributed by atoms with Crippen molar-refractivity contribution in [3.05, 3.63) is 41.8 Å². The molecule has 0 radical (unpaired) electrons. The van der Waals surface area contributed by atoms with Gasteiger partial charge in [-0.1, -0.05) is 43.9 Å². The van der Waals surface area contributed by atoms with Crippen LogP contribution in [0.5, 0.6) is 0 Å². The molecule has 0 unspecified atom stereocenters. The fourth-order valence-electron chi connectivity index (χ4n) is 3.43. The molecule has 1 heterocycles. The molecule has 128 valence electrons. The second-order valence-electron chi connectivity index (χ2n) is 6.71. The number of nitrogens with one attached hydrogen (secondary N) is 1. The molecular formula is C20H26N2O2. The Morgan fingerprint density at radius 2 is 2.00 bits per heavy atom. The third-order valence-electron chi connectivity index (χ3n) is 4.83. The summed E-state index contributed by atoms with van der Waals surface area (Å²) in [6, 6.07) is 9.77. The van der Waals surface area contributed by atoms with E-state index in [1.807, 2.05) is 37.3 Å². The first-order valence-electron chi connectivity index (χ1n) is 9.01. The van der Waals surface area contributed by atoms with Crippen LogP contribution in [0, 0.1) is 12.8 Å². The lowest BCUT2D eigenvalue weighted by molar-refractivity contribution is -0.120. The lowest BCUT2D eigenvalue weighted by Crippen LogP contribution is -2.26. The molecule has 1 aromatic heterocycles. The van der Waals surface area contributed by atoms with Crippen molar-refractivity contribution in [2.45, 2.75) is 51.9 Å². The summed E-state index contributed by atoms with van der Waals surface area (Å²) in [5, 5.41) is 3.01. The van der Waals surface area contributed by atoms with Gasteiger partial charge in [-0.05, 0) is 37.8 Å². The molecule has 2 aromatic rings. The summed E-state index contributed by atoms with van der Waals surface area (Å²) in [5.41, 5.74) is 1.66. The summed E-state index contributed by atoms with van der Waals surface area (Å²) < 4.78 is 5.70. The third-order valence-corrected chi connectivity index (χ3v) is 4.83. The highest BCUT2D eigenvalue weighted by molar-refractivity contribution is 5.78. The first-order valence-corrected chi connectivity index (χ1v) is 9.01. The summed E-state index contributed by atoms with van der Waals surface area (Å²) in [5.74, 6) is 2.21. The molecule has 1 fully saturated rings. The van der Waals surface area contributed by atoms with E-state index in [0.717, 1.165) is 35.9 Å². The highest BCUT2D eigenvalue weighted by Crippen LogP contribution is 2.28. The quantitative estimate of drug-likeness (QED) is 0.773. The highest BCUT2D eigenvalue weighted by atomic mass is 16.4. The molecule has 1 N–H and O–H groups in total. The number of oxazole rings is 1. The number of aromatic nitrogens is 1. The Kier molecular flexibility index (Phi) is 5.68. The van der Waals surface area contributed by atoms with Crippen molar-refractivity contribution in [1.82, 2.24) is 10.3 Å². The Labute approximate surface area is 143 Å². The Hall–Kier alpha value is -2.10. The number of aryl methyl sites for hydroxylation is 1. The van der Waals surface area contributed by atoms with Gasteiger partial charge in [-0.3, -0.25) is 4.79 Å². The van der Waals surface area contributed by atoms with Crippen molar-refractivity contribution in [1.29, 1.82) is 0 Å². The maximum atomic E-state index is 12.1. The molecule has 24 heavy (non-hydrogen) atoms. The minimum absolute atomic E-state index is 0.0254. The molecule has 0 atom stereocenters. The number of amides is 1. The Morgan fingerprint density at radius 3 is 2.75 bits per heavy atom. The van der Waals surface area contributed by atoms with Gasteiger partial charge in [-0.25, -0.2) is 4.98 Å². The van der Waals surface area contributed by atoms with Crippen LogP contribution in [-0.4, -0.2) is 17.4 Å². The van der Waals surface area contributed by atoms with Crippen LogP contribution < -0.4 is 5.32 Å². The minimum Gasteiger partial charge on any atom is -0.441 e. The zero-order valence-electron chi connectivity index (χ0n) is 14.4. The number of carbonyl (C=O) groups excluding carboxylic acids is 1. The Morgan fingerprint density at radius 1 is 1.25 bits per heavy atom. The molecule has 1 amide bonds. The summed E-state index contributed by atoms with van der Waals surface area (Å²) in [6.45, 7) is 2.62. The molecule has 4 heteroatoms. The van der Waals surface area contributed by atoms with Crippen LogP contribution in [0.25, 0.3) is 11.5 Å². The second-order valence-corrected chi connectivity index (χ2v) is 6.71. The van der Waals surface area contributed by atoms with Crippen molar-refractivity contribution in [2.75, 3.05) is 6.54 Å². The summed E-state index contributed by atoms with van der Waals surface area (Å²) in [7, 11) is 0. The predicted molar refractivity (Wildman–Crippen MR) is 94.6 cm³/mol. The number of carbonyl (C=O) groups is 1. The van der Waals surface area contributed by atoms with Gasteiger partial charge in [-0.2, -0.15) is 0 Å². The average Bonchev–Trinajstić information content (AvgIpc) is 3.23. The van der Waals surface area contributed by atoms with E-state index < -0.39 is 0 Å². The molecular weight excluding hydrogens is 300 g/mol. The van der Waals surface area contributed by atoms with Gasteiger partial charge in [0.15, 0.2) is 0 Å². The molecule has 1 aromatic carbocycles. The first kappa shape index (κ1) is 16.7. The Balaban J connectivity index is 1.46. The molecule has 0 spiro atoms. The smallest absolute Gasteiger partial charge is 0.226 e. The van der Waals surface area contributed by atoms with Crippen LogP contribution in [0.15, 0.2) is 34.7 Å². The van der Waals surface area contributed by atoms with Crippen molar-refractivity contribution < 1.29 is 9.21 Å². The monoisotopic (exact) mass is 326 g/mol. The maximum Gasteiger partial charge on any atom is 0.226 e. The lowest BCUT2D eigenvalue weighted by Gasteiger charge is -2.09. The predicted octanol–water partition coefficient (Wildman–Crippen LogP) is 4.28. The van der Waals surface area contributed by atoms with Crippen LogP contribution in [-0.2, 0) is 11.2 Å². The largest absolute Gasteiger partial charge is 0.441 e. The SMILES string of the molecule is Cc1oc(-c2ccccc2)nc1CC(=O)NCCCC1CCCC1. The zero-order valence-corrected chi connectivity index (χ0v) is 14.4. The normalized spacial score (nSPS) is 14.9. The Bertz CT molecular complexity index is 658. The van der Waals surface area contributed by atoms with E-state index >= 15 is 0 Å². The number of benzene rings is 1. The molecule has 0 saturated heterocycles. The molecule has 1 aliphatic rings. The van der Waals surface area contributed by atoms with E-state index in [2.05, 4.69) is 10.3 Å². The second kappa shape index (κ2) is 8.13. The van der Waals surface area contributed by atoms with Gasteiger partial charge < -0.3 is 9.73 Å². The molecule has 3 rings (SSSR count). The van der Waals surface area contributed by atoms with Gasteiger partial charge >= 0.3 is 0 Å². The van der Waals surface area contributed by atoms with E-state index in [1.54, 1.807) is 0 Å². The van der Waals surface area contributed by atoms with E-state index in [-0.39, 0.29) is 12.3 Å². The standard InChI is InChI=1S/C20H26N2O2/c1-15-18(22-20(24-15)17-11-3-2-4-12-17)14-19(23)21-13-7-10-16-8-5-6-9-16/h2-4,11-12,16H,5-10,13-14H2,1H3,(H,21,23). The first-order chi connectivity index (χ1) is 11.7. The van der Waals surface area contributed by atoms with E-state index in [4.69, 9.17) is 4.42 Å². The number of nitrogens with zero attached hydrogens (tertiary/aromatic N) is 1. The summed E-state index contributed by atoms with van der Waals surface area (Å²) >= 11 is 0. The average molecular weight is 326 g/mol. The van der Waals surface area contributed by atoms with Gasteiger partial charge in [0.25, 0.3) is 0 Å². The van der Waals surface area contributed by atoms with E-state index in [9.17, 15) is 4.79 Å². The van der Waals surface area contributed by atoms with Crippen molar-refractivity contribution >= 4 is 5.91 Å². The lowest BCUT2D eigenvalue weighted by atomic mass is 10.0. The van der Waals surface area contributed by atoms with Crippen LogP contribution >= 0.6 is 0 Å². The summed E-state index contributed by atoms with van der Waals surface area (Å²) in [6.07, 6.45) is 8.09.